The number of aromatic nitrogens is 2. The number of fused-ring (bicyclic) bond motifs is 1. The van der Waals surface area contributed by atoms with Crippen molar-refractivity contribution in [2.75, 3.05) is 26.2 Å². The molecule has 0 radical (unpaired) electrons. The highest BCUT2D eigenvalue weighted by Gasteiger charge is 2.37. The first-order chi connectivity index (χ1) is 12.9. The predicted octanol–water partition coefficient (Wildman–Crippen LogP) is 0.708. The molecule has 8 heteroatoms. The van der Waals surface area contributed by atoms with Crippen LogP contribution in [-0.2, 0) is 16.6 Å². The molecule has 0 aromatic carbocycles. The van der Waals surface area contributed by atoms with E-state index in [1.807, 2.05) is 6.92 Å². The van der Waals surface area contributed by atoms with Crippen LogP contribution in [0.15, 0.2) is 6.07 Å². The summed E-state index contributed by atoms with van der Waals surface area (Å²) < 4.78 is 1.67. The summed E-state index contributed by atoms with van der Waals surface area (Å²) in [5, 5.41) is 7.24. The smallest absolute Gasteiger partial charge is 0.274 e. The van der Waals surface area contributed by atoms with Gasteiger partial charge >= 0.3 is 0 Å². The monoisotopic (exact) mass is 375 g/mol. The minimum atomic E-state index is -0.169. The first-order valence-corrected chi connectivity index (χ1v) is 9.73. The maximum Gasteiger partial charge on any atom is 0.274 e. The maximum absolute atomic E-state index is 12.9. The van der Waals surface area contributed by atoms with E-state index in [2.05, 4.69) is 10.4 Å². The van der Waals surface area contributed by atoms with E-state index in [9.17, 15) is 14.4 Å². The van der Waals surface area contributed by atoms with Gasteiger partial charge in [-0.05, 0) is 25.8 Å². The highest BCUT2D eigenvalue weighted by atomic mass is 16.2. The summed E-state index contributed by atoms with van der Waals surface area (Å²) >= 11 is 0. The number of hydrogen-bond donors (Lipinski definition) is 1. The van der Waals surface area contributed by atoms with Crippen molar-refractivity contribution in [3.05, 3.63) is 17.5 Å². The van der Waals surface area contributed by atoms with Gasteiger partial charge in [0.15, 0.2) is 5.69 Å². The van der Waals surface area contributed by atoms with E-state index in [0.29, 0.717) is 31.9 Å². The van der Waals surface area contributed by atoms with Gasteiger partial charge in [-0.15, -0.1) is 0 Å². The van der Waals surface area contributed by atoms with Crippen LogP contribution in [0.3, 0.4) is 0 Å². The molecule has 1 aromatic rings. The van der Waals surface area contributed by atoms with E-state index < -0.39 is 0 Å². The third kappa shape index (κ3) is 4.14. The molecule has 3 rings (SSSR count). The van der Waals surface area contributed by atoms with Crippen LogP contribution in [0.1, 0.15) is 48.8 Å². The van der Waals surface area contributed by atoms with Crippen molar-refractivity contribution in [2.24, 2.45) is 13.0 Å². The van der Waals surface area contributed by atoms with Crippen molar-refractivity contribution < 1.29 is 14.4 Å². The number of amides is 3. The molecule has 2 fully saturated rings. The summed E-state index contributed by atoms with van der Waals surface area (Å²) in [7, 11) is 1.80. The molecule has 2 aliphatic rings. The Balaban J connectivity index is 1.81. The predicted molar refractivity (Wildman–Crippen MR) is 100.0 cm³/mol. The van der Waals surface area contributed by atoms with Crippen molar-refractivity contribution in [1.29, 1.82) is 0 Å². The first-order valence-electron chi connectivity index (χ1n) is 9.73. The zero-order valence-electron chi connectivity index (χ0n) is 16.4. The second-order valence-corrected chi connectivity index (χ2v) is 7.55. The normalized spacial score (nSPS) is 24.2. The van der Waals surface area contributed by atoms with Gasteiger partial charge in [-0.3, -0.25) is 19.1 Å². The van der Waals surface area contributed by atoms with Crippen molar-refractivity contribution in [1.82, 2.24) is 24.9 Å². The topological polar surface area (TPSA) is 87.5 Å². The number of carbonyl (C=O) groups excluding carboxylic acids is 3. The lowest BCUT2D eigenvalue weighted by Crippen LogP contribution is -2.55. The highest BCUT2D eigenvalue weighted by Crippen LogP contribution is 2.29. The summed E-state index contributed by atoms with van der Waals surface area (Å²) in [5.74, 6) is -0.365. The Labute approximate surface area is 159 Å². The minimum absolute atomic E-state index is 0.00562. The average molecular weight is 375 g/mol. The van der Waals surface area contributed by atoms with Crippen LogP contribution >= 0.6 is 0 Å². The Hall–Kier alpha value is -2.38. The van der Waals surface area contributed by atoms with Crippen LogP contribution in [0.2, 0.25) is 0 Å². The van der Waals surface area contributed by atoms with Gasteiger partial charge in [0.1, 0.15) is 0 Å². The van der Waals surface area contributed by atoms with E-state index in [1.165, 1.54) is 0 Å². The molecular formula is C19H29N5O3. The van der Waals surface area contributed by atoms with Crippen LogP contribution in [0.25, 0.3) is 0 Å². The lowest BCUT2D eigenvalue weighted by molar-refractivity contribution is -0.137. The molecule has 0 spiro atoms. The van der Waals surface area contributed by atoms with Crippen LogP contribution < -0.4 is 5.32 Å². The molecule has 3 amide bonds. The molecule has 8 nitrogen and oxygen atoms in total. The van der Waals surface area contributed by atoms with Crippen LogP contribution in [0.4, 0.5) is 0 Å². The molecule has 2 heterocycles. The molecular weight excluding hydrogens is 346 g/mol. The van der Waals surface area contributed by atoms with Crippen LogP contribution in [0, 0.1) is 12.8 Å². The Bertz CT molecular complexity index is 709. The summed E-state index contributed by atoms with van der Waals surface area (Å²) in [6, 6.07) is 1.68. The van der Waals surface area contributed by atoms with Gasteiger partial charge in [-0.2, -0.15) is 5.10 Å². The van der Waals surface area contributed by atoms with Gasteiger partial charge in [0.05, 0.1) is 5.92 Å². The molecule has 2 atom stereocenters. The fraction of sp³-hybridized carbons (Fsp3) is 0.684. The molecule has 1 saturated carbocycles. The minimum Gasteiger partial charge on any atom is -0.354 e. The van der Waals surface area contributed by atoms with Gasteiger partial charge in [0.2, 0.25) is 11.8 Å². The van der Waals surface area contributed by atoms with Gasteiger partial charge < -0.3 is 15.1 Å². The van der Waals surface area contributed by atoms with E-state index in [-0.39, 0.29) is 29.7 Å². The molecule has 27 heavy (non-hydrogen) atoms. The Morgan fingerprint density at radius 2 is 1.93 bits per heavy atom. The standard InChI is InChI=1S/C19H29N5O3/c1-13-12-16(21-22(13)3)19(27)23-9-8-20-18(26)15-6-4-5-7-17(15)24(11-10-23)14(2)25/h12,15,17H,4-11H2,1-3H3,(H,20,26)/t15-,17+/m0/s1. The van der Waals surface area contributed by atoms with Crippen LogP contribution in [-0.4, -0.2) is 69.5 Å². The van der Waals surface area contributed by atoms with E-state index in [4.69, 9.17) is 0 Å². The van der Waals surface area contributed by atoms with Crippen molar-refractivity contribution in [2.45, 2.75) is 45.6 Å². The molecule has 1 aliphatic carbocycles. The second kappa shape index (κ2) is 8.10. The lowest BCUT2D eigenvalue weighted by Gasteiger charge is -2.40. The molecule has 0 unspecified atom stereocenters. The van der Waals surface area contributed by atoms with E-state index in [0.717, 1.165) is 31.4 Å². The fourth-order valence-electron chi connectivity index (χ4n) is 4.16. The SMILES string of the molecule is CC(=O)N1CCN(C(=O)c2cc(C)n(C)n2)CCNC(=O)[C@H]2CCCC[C@H]21. The number of rotatable bonds is 1. The summed E-state index contributed by atoms with van der Waals surface area (Å²) in [6.07, 6.45) is 3.69. The molecule has 1 saturated heterocycles. The number of nitrogens with zero attached hydrogens (tertiary/aromatic N) is 4. The second-order valence-electron chi connectivity index (χ2n) is 7.55. The van der Waals surface area contributed by atoms with Crippen molar-refractivity contribution >= 4 is 17.7 Å². The zero-order chi connectivity index (χ0) is 19.6. The maximum atomic E-state index is 12.9. The third-order valence-corrected chi connectivity index (χ3v) is 5.78. The molecule has 1 N–H and O–H groups in total. The quantitative estimate of drug-likeness (QED) is 0.783. The Kier molecular flexibility index (Phi) is 5.82. The van der Waals surface area contributed by atoms with E-state index >= 15 is 0 Å². The fourth-order valence-corrected chi connectivity index (χ4v) is 4.16. The van der Waals surface area contributed by atoms with Crippen molar-refractivity contribution in [3.8, 4) is 0 Å². The summed E-state index contributed by atoms with van der Waals surface area (Å²) in [4.78, 5) is 41.3. The van der Waals surface area contributed by atoms with Gasteiger partial charge in [0, 0.05) is 51.9 Å². The van der Waals surface area contributed by atoms with Crippen LogP contribution in [0.5, 0.6) is 0 Å². The third-order valence-electron chi connectivity index (χ3n) is 5.78. The molecule has 148 valence electrons. The molecule has 0 bridgehead atoms. The molecule has 1 aromatic heterocycles. The number of carbonyl (C=O) groups is 3. The number of hydrogen-bond acceptors (Lipinski definition) is 4. The van der Waals surface area contributed by atoms with Crippen molar-refractivity contribution in [3.63, 3.8) is 0 Å². The van der Waals surface area contributed by atoms with Gasteiger partial charge in [-0.1, -0.05) is 12.8 Å². The average Bonchev–Trinajstić information content (AvgIpc) is 2.98. The molecule has 1 aliphatic heterocycles. The number of aryl methyl sites for hydroxylation is 2. The Morgan fingerprint density at radius 1 is 1.19 bits per heavy atom. The van der Waals surface area contributed by atoms with Gasteiger partial charge in [0.25, 0.3) is 5.91 Å². The lowest BCUT2D eigenvalue weighted by atomic mass is 9.82. The Morgan fingerprint density at radius 3 is 2.59 bits per heavy atom. The van der Waals surface area contributed by atoms with Gasteiger partial charge in [-0.25, -0.2) is 0 Å². The highest BCUT2D eigenvalue weighted by molar-refractivity contribution is 5.92. The zero-order valence-corrected chi connectivity index (χ0v) is 16.4. The first kappa shape index (κ1) is 19.4. The largest absolute Gasteiger partial charge is 0.354 e. The van der Waals surface area contributed by atoms with E-state index in [1.54, 1.807) is 34.5 Å². The summed E-state index contributed by atoms with van der Waals surface area (Å²) in [5.41, 5.74) is 1.30. The number of nitrogens with one attached hydrogen (secondary N) is 1. The summed E-state index contributed by atoms with van der Waals surface area (Å²) in [6.45, 7) is 5.15.